The van der Waals surface area contributed by atoms with Gasteiger partial charge in [-0.15, -0.1) is 0 Å². The zero-order chi connectivity index (χ0) is 9.76. The third-order valence-corrected chi connectivity index (χ3v) is 3.75. The molecule has 2 saturated carbocycles. The summed E-state index contributed by atoms with van der Waals surface area (Å²) in [5.41, 5.74) is 0.331. The number of hydrogen-bond donors (Lipinski definition) is 1. The van der Waals surface area contributed by atoms with E-state index in [9.17, 15) is 9.59 Å². The number of carbonyl (C=O) groups excluding carboxylic acids is 2. The van der Waals surface area contributed by atoms with Crippen molar-refractivity contribution in [2.45, 2.75) is 25.7 Å². The number of hydrogen-bond acceptors (Lipinski definition) is 2. The Labute approximate surface area is 82.6 Å². The van der Waals surface area contributed by atoms with Gasteiger partial charge in [0.15, 0.2) is 0 Å². The Bertz CT molecular complexity index is 289. The maximum Gasteiger partial charge on any atom is 0.324 e. The van der Waals surface area contributed by atoms with Crippen LogP contribution in [0, 0.1) is 11.3 Å². The third-order valence-electron chi connectivity index (χ3n) is 3.75. The second-order valence-electron chi connectivity index (χ2n) is 4.78. The van der Waals surface area contributed by atoms with Crippen LogP contribution in [0.3, 0.4) is 0 Å². The molecular weight excluding hydrogens is 180 g/mol. The SMILES string of the molecule is O=C1CNC(=O)N1CC1(C2CC2)CC1. The van der Waals surface area contributed by atoms with Crippen molar-refractivity contribution >= 4 is 11.9 Å². The zero-order valence-corrected chi connectivity index (χ0v) is 8.08. The standard InChI is InChI=1S/C10H14N2O2/c13-8-5-11-9(14)12(8)6-10(3-4-10)7-1-2-7/h7H,1-6H2,(H,11,14). The lowest BCUT2D eigenvalue weighted by molar-refractivity contribution is -0.125. The van der Waals surface area contributed by atoms with E-state index in [-0.39, 0.29) is 18.5 Å². The molecule has 0 aromatic rings. The topological polar surface area (TPSA) is 49.4 Å². The highest BCUT2D eigenvalue weighted by Crippen LogP contribution is 2.61. The number of urea groups is 1. The molecule has 1 N–H and O–H groups in total. The Kier molecular flexibility index (Phi) is 1.47. The molecule has 4 heteroatoms. The molecule has 2 aliphatic carbocycles. The van der Waals surface area contributed by atoms with Crippen LogP contribution < -0.4 is 5.32 Å². The lowest BCUT2D eigenvalue weighted by Gasteiger charge is -2.20. The highest BCUT2D eigenvalue weighted by atomic mass is 16.2. The zero-order valence-electron chi connectivity index (χ0n) is 8.08. The van der Waals surface area contributed by atoms with Gasteiger partial charge in [-0.1, -0.05) is 0 Å². The summed E-state index contributed by atoms with van der Waals surface area (Å²) in [6.07, 6.45) is 5.00. The van der Waals surface area contributed by atoms with Crippen molar-refractivity contribution in [3.8, 4) is 0 Å². The molecule has 3 aliphatic rings. The summed E-state index contributed by atoms with van der Waals surface area (Å²) in [7, 11) is 0. The number of rotatable bonds is 3. The first kappa shape index (κ1) is 8.26. The first-order chi connectivity index (χ1) is 6.71. The summed E-state index contributed by atoms with van der Waals surface area (Å²) in [5, 5.41) is 2.57. The van der Waals surface area contributed by atoms with Gasteiger partial charge in [-0.2, -0.15) is 0 Å². The summed E-state index contributed by atoms with van der Waals surface area (Å²) >= 11 is 0. The van der Waals surface area contributed by atoms with Crippen LogP contribution in [0.5, 0.6) is 0 Å². The highest BCUT2D eigenvalue weighted by molar-refractivity contribution is 6.02. The van der Waals surface area contributed by atoms with Crippen molar-refractivity contribution in [1.29, 1.82) is 0 Å². The van der Waals surface area contributed by atoms with Crippen molar-refractivity contribution < 1.29 is 9.59 Å². The molecule has 76 valence electrons. The van der Waals surface area contributed by atoms with Crippen LogP contribution in [-0.4, -0.2) is 29.9 Å². The van der Waals surface area contributed by atoms with E-state index in [1.165, 1.54) is 30.6 Å². The fraction of sp³-hybridized carbons (Fsp3) is 0.800. The molecule has 3 rings (SSSR count). The molecule has 1 saturated heterocycles. The summed E-state index contributed by atoms with van der Waals surface area (Å²) in [6, 6.07) is -0.193. The van der Waals surface area contributed by atoms with E-state index in [1.54, 1.807) is 0 Å². The maximum absolute atomic E-state index is 11.4. The fourth-order valence-electron chi connectivity index (χ4n) is 2.48. The molecule has 0 atom stereocenters. The number of nitrogens with one attached hydrogen (secondary N) is 1. The van der Waals surface area contributed by atoms with E-state index in [2.05, 4.69) is 5.32 Å². The van der Waals surface area contributed by atoms with Crippen molar-refractivity contribution in [3.63, 3.8) is 0 Å². The Morgan fingerprint density at radius 2 is 2.07 bits per heavy atom. The van der Waals surface area contributed by atoms with Gasteiger partial charge in [0.2, 0.25) is 5.91 Å². The minimum atomic E-state index is -0.193. The normalized spacial score (nSPS) is 29.3. The lowest BCUT2D eigenvalue weighted by Crippen LogP contribution is -2.36. The van der Waals surface area contributed by atoms with E-state index < -0.39 is 0 Å². The molecule has 0 bridgehead atoms. The monoisotopic (exact) mass is 194 g/mol. The van der Waals surface area contributed by atoms with Gasteiger partial charge in [0.25, 0.3) is 0 Å². The average Bonchev–Trinajstić information content (AvgIpc) is 3.00. The fourth-order valence-corrected chi connectivity index (χ4v) is 2.48. The second kappa shape index (κ2) is 2.49. The minimum absolute atomic E-state index is 0.0538. The van der Waals surface area contributed by atoms with Crippen LogP contribution in [0.4, 0.5) is 4.79 Å². The smallest absolute Gasteiger partial charge is 0.324 e. The summed E-state index contributed by atoms with van der Waals surface area (Å²) in [6.45, 7) is 0.863. The molecular formula is C10H14N2O2. The summed E-state index contributed by atoms with van der Waals surface area (Å²) in [5.74, 6) is 0.741. The number of amides is 3. The van der Waals surface area contributed by atoms with E-state index in [1.807, 2.05) is 0 Å². The van der Waals surface area contributed by atoms with Crippen LogP contribution >= 0.6 is 0 Å². The molecule has 4 nitrogen and oxygen atoms in total. The summed E-state index contributed by atoms with van der Waals surface area (Å²) in [4.78, 5) is 24.1. The van der Waals surface area contributed by atoms with Gasteiger partial charge in [0.1, 0.15) is 0 Å². The van der Waals surface area contributed by atoms with Gasteiger partial charge in [0, 0.05) is 6.54 Å². The van der Waals surface area contributed by atoms with E-state index in [4.69, 9.17) is 0 Å². The Morgan fingerprint density at radius 1 is 1.36 bits per heavy atom. The van der Waals surface area contributed by atoms with Crippen LogP contribution in [-0.2, 0) is 4.79 Å². The molecule has 1 aliphatic heterocycles. The largest absolute Gasteiger partial charge is 0.329 e. The first-order valence-electron chi connectivity index (χ1n) is 5.29. The Balaban J connectivity index is 1.71. The van der Waals surface area contributed by atoms with E-state index in [0.717, 1.165) is 5.92 Å². The molecule has 0 radical (unpaired) electrons. The first-order valence-corrected chi connectivity index (χ1v) is 5.29. The number of carbonyl (C=O) groups is 2. The van der Waals surface area contributed by atoms with Gasteiger partial charge in [-0.25, -0.2) is 4.79 Å². The van der Waals surface area contributed by atoms with Crippen LogP contribution in [0.2, 0.25) is 0 Å². The Morgan fingerprint density at radius 3 is 2.50 bits per heavy atom. The van der Waals surface area contributed by atoms with Crippen molar-refractivity contribution in [2.75, 3.05) is 13.1 Å². The molecule has 0 aromatic carbocycles. The molecule has 3 fully saturated rings. The molecule has 0 aromatic heterocycles. The highest BCUT2D eigenvalue weighted by Gasteiger charge is 2.55. The molecule has 0 spiro atoms. The molecule has 0 unspecified atom stereocenters. The third kappa shape index (κ3) is 1.13. The van der Waals surface area contributed by atoms with Crippen molar-refractivity contribution in [1.82, 2.24) is 10.2 Å². The number of imide groups is 1. The van der Waals surface area contributed by atoms with Gasteiger partial charge in [-0.3, -0.25) is 9.69 Å². The minimum Gasteiger partial charge on any atom is -0.329 e. The van der Waals surface area contributed by atoms with Crippen LogP contribution in [0.15, 0.2) is 0 Å². The van der Waals surface area contributed by atoms with Gasteiger partial charge in [-0.05, 0) is 37.0 Å². The van der Waals surface area contributed by atoms with Crippen molar-refractivity contribution in [2.24, 2.45) is 11.3 Å². The quantitative estimate of drug-likeness (QED) is 0.673. The van der Waals surface area contributed by atoms with Crippen molar-refractivity contribution in [3.05, 3.63) is 0 Å². The second-order valence-corrected chi connectivity index (χ2v) is 4.78. The van der Waals surface area contributed by atoms with Gasteiger partial charge < -0.3 is 5.32 Å². The van der Waals surface area contributed by atoms with Crippen LogP contribution in [0.25, 0.3) is 0 Å². The van der Waals surface area contributed by atoms with E-state index in [0.29, 0.717) is 12.0 Å². The van der Waals surface area contributed by atoms with E-state index >= 15 is 0 Å². The summed E-state index contributed by atoms with van der Waals surface area (Å²) < 4.78 is 0. The van der Waals surface area contributed by atoms with Crippen LogP contribution in [0.1, 0.15) is 25.7 Å². The van der Waals surface area contributed by atoms with Gasteiger partial charge in [0.05, 0.1) is 6.54 Å². The molecule has 14 heavy (non-hydrogen) atoms. The maximum atomic E-state index is 11.4. The lowest BCUT2D eigenvalue weighted by atomic mass is 10.0. The average molecular weight is 194 g/mol. The predicted molar refractivity (Wildman–Crippen MR) is 49.5 cm³/mol. The Hall–Kier alpha value is -1.06. The van der Waals surface area contributed by atoms with Gasteiger partial charge >= 0.3 is 6.03 Å². The predicted octanol–water partition coefficient (Wildman–Crippen LogP) is 0.728. The molecule has 1 heterocycles. The number of nitrogens with zero attached hydrogens (tertiary/aromatic N) is 1. The molecule has 3 amide bonds.